The predicted octanol–water partition coefficient (Wildman–Crippen LogP) is 2.70. The summed E-state index contributed by atoms with van der Waals surface area (Å²) in [6.07, 6.45) is 0. The number of benzene rings is 1. The lowest BCUT2D eigenvalue weighted by Gasteiger charge is -1.92. The molecule has 0 unspecified atom stereocenters. The quantitative estimate of drug-likeness (QED) is 0.578. The number of anilines is 1. The first-order valence-electron chi connectivity index (χ1n) is 4.02. The minimum Gasteiger partial charge on any atom is -0.390 e. The van der Waals surface area contributed by atoms with Gasteiger partial charge in [0, 0.05) is 16.8 Å². The lowest BCUT2D eigenvalue weighted by molar-refractivity contribution is -0.384. The molecule has 5 heteroatoms. The van der Waals surface area contributed by atoms with Gasteiger partial charge in [0.15, 0.2) is 0 Å². The Morgan fingerprint density at radius 1 is 1.50 bits per heavy atom. The highest BCUT2D eigenvalue weighted by Crippen LogP contribution is 2.34. The first kappa shape index (κ1) is 8.96. The summed E-state index contributed by atoms with van der Waals surface area (Å²) in [7, 11) is 0. The first-order valence-corrected chi connectivity index (χ1v) is 4.84. The van der Waals surface area contributed by atoms with Crippen molar-refractivity contribution < 1.29 is 4.92 Å². The van der Waals surface area contributed by atoms with Crippen LogP contribution in [0.5, 0.6) is 0 Å². The standard InChI is InChI=1S/C9H8N2O2S/c1-5-7-3-2-6(11(12)13)4-8(7)14-9(5)10/h2-4H,10H2,1H3. The van der Waals surface area contributed by atoms with Gasteiger partial charge in [0.25, 0.3) is 5.69 Å². The van der Waals surface area contributed by atoms with E-state index in [9.17, 15) is 10.1 Å². The summed E-state index contributed by atoms with van der Waals surface area (Å²) in [6, 6.07) is 4.81. The van der Waals surface area contributed by atoms with Crippen molar-refractivity contribution in [2.45, 2.75) is 6.92 Å². The Kier molecular flexibility index (Phi) is 1.89. The first-order chi connectivity index (χ1) is 6.59. The molecule has 0 saturated carbocycles. The summed E-state index contributed by atoms with van der Waals surface area (Å²) in [6.45, 7) is 1.92. The number of rotatable bonds is 1. The Balaban J connectivity index is 2.73. The van der Waals surface area contributed by atoms with Crippen LogP contribution in [0.4, 0.5) is 10.7 Å². The van der Waals surface area contributed by atoms with Crippen molar-refractivity contribution in [2.24, 2.45) is 0 Å². The van der Waals surface area contributed by atoms with E-state index in [2.05, 4.69) is 0 Å². The molecular weight excluding hydrogens is 200 g/mol. The normalized spacial score (nSPS) is 10.6. The third-order valence-corrected chi connectivity index (χ3v) is 3.25. The average molecular weight is 208 g/mol. The highest BCUT2D eigenvalue weighted by Gasteiger charge is 2.10. The molecule has 0 atom stereocenters. The van der Waals surface area contributed by atoms with Gasteiger partial charge in [-0.05, 0) is 23.9 Å². The Morgan fingerprint density at radius 3 is 2.86 bits per heavy atom. The van der Waals surface area contributed by atoms with Crippen LogP contribution < -0.4 is 5.73 Å². The minimum absolute atomic E-state index is 0.110. The van der Waals surface area contributed by atoms with E-state index < -0.39 is 4.92 Å². The van der Waals surface area contributed by atoms with E-state index in [-0.39, 0.29) is 5.69 Å². The van der Waals surface area contributed by atoms with Gasteiger partial charge in [-0.3, -0.25) is 10.1 Å². The van der Waals surface area contributed by atoms with E-state index in [1.54, 1.807) is 12.1 Å². The lowest BCUT2D eigenvalue weighted by Crippen LogP contribution is -1.86. The van der Waals surface area contributed by atoms with Crippen LogP contribution in [0.3, 0.4) is 0 Å². The molecule has 0 saturated heterocycles. The lowest BCUT2D eigenvalue weighted by atomic mass is 10.2. The summed E-state index contributed by atoms with van der Waals surface area (Å²) in [4.78, 5) is 10.1. The van der Waals surface area contributed by atoms with Crippen LogP contribution in [-0.2, 0) is 0 Å². The van der Waals surface area contributed by atoms with Crippen molar-refractivity contribution in [1.82, 2.24) is 0 Å². The number of nitro groups is 1. The Hall–Kier alpha value is -1.62. The molecule has 2 N–H and O–H groups in total. The number of aryl methyl sites for hydroxylation is 1. The summed E-state index contributed by atoms with van der Waals surface area (Å²) in [5.41, 5.74) is 6.84. The van der Waals surface area contributed by atoms with Crippen LogP contribution in [-0.4, -0.2) is 4.92 Å². The third kappa shape index (κ3) is 1.22. The van der Waals surface area contributed by atoms with Gasteiger partial charge in [0.1, 0.15) is 0 Å². The van der Waals surface area contributed by atoms with E-state index in [0.29, 0.717) is 0 Å². The molecule has 2 aromatic rings. The minimum atomic E-state index is -0.398. The monoisotopic (exact) mass is 208 g/mol. The van der Waals surface area contributed by atoms with Crippen LogP contribution in [0, 0.1) is 17.0 Å². The van der Waals surface area contributed by atoms with Gasteiger partial charge in [-0.2, -0.15) is 0 Å². The van der Waals surface area contributed by atoms with Crippen LogP contribution in [0.15, 0.2) is 18.2 Å². The number of thiophene rings is 1. The maximum Gasteiger partial charge on any atom is 0.270 e. The van der Waals surface area contributed by atoms with Gasteiger partial charge in [0.2, 0.25) is 0 Å². The van der Waals surface area contributed by atoms with Crippen molar-refractivity contribution in [3.8, 4) is 0 Å². The molecule has 0 fully saturated rings. The summed E-state index contributed by atoms with van der Waals surface area (Å²) < 4.78 is 0.870. The Bertz CT molecular complexity index is 519. The molecule has 4 nitrogen and oxygen atoms in total. The fourth-order valence-electron chi connectivity index (χ4n) is 1.35. The SMILES string of the molecule is Cc1c(N)sc2cc([N+](=O)[O-])ccc12. The number of hydrogen-bond acceptors (Lipinski definition) is 4. The second kappa shape index (κ2) is 2.95. The van der Waals surface area contributed by atoms with Crippen molar-refractivity contribution in [2.75, 3.05) is 5.73 Å². The second-order valence-corrected chi connectivity index (χ2v) is 4.11. The largest absolute Gasteiger partial charge is 0.390 e. The zero-order chi connectivity index (χ0) is 10.3. The van der Waals surface area contributed by atoms with E-state index in [1.165, 1.54) is 17.4 Å². The molecule has 1 heterocycles. The molecular formula is C9H8N2O2S. The fraction of sp³-hybridized carbons (Fsp3) is 0.111. The Labute approximate surface area is 84.1 Å². The zero-order valence-corrected chi connectivity index (χ0v) is 8.30. The number of nitrogens with two attached hydrogens (primary N) is 1. The molecule has 1 aromatic heterocycles. The molecule has 1 aromatic carbocycles. The molecule has 14 heavy (non-hydrogen) atoms. The van der Waals surface area contributed by atoms with Crippen LogP contribution in [0.2, 0.25) is 0 Å². The Morgan fingerprint density at radius 2 is 2.21 bits per heavy atom. The van der Waals surface area contributed by atoms with Gasteiger partial charge in [-0.25, -0.2) is 0 Å². The molecule has 72 valence electrons. The van der Waals surface area contributed by atoms with Crippen LogP contribution in [0.1, 0.15) is 5.56 Å². The van der Waals surface area contributed by atoms with Crippen LogP contribution >= 0.6 is 11.3 Å². The molecule has 0 spiro atoms. The number of nitrogens with zero attached hydrogens (tertiary/aromatic N) is 1. The summed E-state index contributed by atoms with van der Waals surface area (Å²) in [5, 5.41) is 12.2. The number of nitrogen functional groups attached to an aromatic ring is 1. The molecule has 0 bridgehead atoms. The second-order valence-electron chi connectivity index (χ2n) is 3.03. The molecule has 0 radical (unpaired) electrons. The van der Waals surface area contributed by atoms with Crippen molar-refractivity contribution >= 4 is 32.1 Å². The fourth-order valence-corrected chi connectivity index (χ4v) is 2.36. The highest BCUT2D eigenvalue weighted by atomic mass is 32.1. The molecule has 0 aliphatic heterocycles. The predicted molar refractivity (Wildman–Crippen MR) is 57.6 cm³/mol. The average Bonchev–Trinajstić information content (AvgIpc) is 2.42. The van der Waals surface area contributed by atoms with E-state index in [0.717, 1.165) is 20.7 Å². The van der Waals surface area contributed by atoms with Crippen molar-refractivity contribution in [3.05, 3.63) is 33.9 Å². The van der Waals surface area contributed by atoms with Crippen molar-refractivity contribution in [3.63, 3.8) is 0 Å². The van der Waals surface area contributed by atoms with Gasteiger partial charge >= 0.3 is 0 Å². The van der Waals surface area contributed by atoms with E-state index >= 15 is 0 Å². The van der Waals surface area contributed by atoms with E-state index in [1.807, 2.05) is 6.92 Å². The molecule has 0 aliphatic rings. The maximum atomic E-state index is 10.5. The number of nitro benzene ring substituents is 1. The zero-order valence-electron chi connectivity index (χ0n) is 7.48. The highest BCUT2D eigenvalue weighted by molar-refractivity contribution is 7.22. The topological polar surface area (TPSA) is 69.2 Å². The van der Waals surface area contributed by atoms with Gasteiger partial charge in [0.05, 0.1) is 9.92 Å². The maximum absolute atomic E-state index is 10.5. The molecule has 0 amide bonds. The van der Waals surface area contributed by atoms with E-state index in [4.69, 9.17) is 5.73 Å². The summed E-state index contributed by atoms with van der Waals surface area (Å²) >= 11 is 1.38. The van der Waals surface area contributed by atoms with Gasteiger partial charge < -0.3 is 5.73 Å². The summed E-state index contributed by atoms with van der Waals surface area (Å²) in [5.74, 6) is 0. The number of fused-ring (bicyclic) bond motifs is 1. The van der Waals surface area contributed by atoms with Crippen LogP contribution in [0.25, 0.3) is 10.1 Å². The number of non-ortho nitro benzene ring substituents is 1. The number of hydrogen-bond donors (Lipinski definition) is 1. The van der Waals surface area contributed by atoms with Gasteiger partial charge in [-0.1, -0.05) is 0 Å². The molecule has 2 rings (SSSR count). The smallest absolute Gasteiger partial charge is 0.270 e. The van der Waals surface area contributed by atoms with Crippen molar-refractivity contribution in [1.29, 1.82) is 0 Å². The van der Waals surface area contributed by atoms with Gasteiger partial charge in [-0.15, -0.1) is 11.3 Å². The third-order valence-electron chi connectivity index (χ3n) is 2.17. The molecule has 0 aliphatic carbocycles.